The average Bonchev–Trinajstić information content (AvgIpc) is 2.68. The molecule has 0 unspecified atom stereocenters. The van der Waals surface area contributed by atoms with Crippen LogP contribution in [-0.2, 0) is 11.3 Å². The van der Waals surface area contributed by atoms with Gasteiger partial charge in [0.1, 0.15) is 0 Å². The van der Waals surface area contributed by atoms with Gasteiger partial charge in [0.25, 0.3) is 5.69 Å². The molecule has 0 aliphatic carbocycles. The minimum absolute atomic E-state index is 0. The monoisotopic (exact) mass is 546 g/mol. The van der Waals surface area contributed by atoms with Gasteiger partial charge in [-0.25, -0.2) is 4.99 Å². The van der Waals surface area contributed by atoms with Crippen molar-refractivity contribution < 1.29 is 9.72 Å². The van der Waals surface area contributed by atoms with E-state index in [1.807, 2.05) is 13.8 Å². The molecule has 174 valence electrons. The lowest BCUT2D eigenvalue weighted by atomic mass is 10.2. The smallest absolute Gasteiger partial charge is 0.269 e. The molecule has 0 bridgehead atoms. The Kier molecular flexibility index (Phi) is 11.8. The number of carbonyl (C=O) groups is 1. The van der Waals surface area contributed by atoms with Crippen molar-refractivity contribution in [3.05, 3.63) is 39.9 Å². The number of non-ortho nitro benzene ring substituents is 1. The van der Waals surface area contributed by atoms with E-state index in [1.165, 1.54) is 12.1 Å². The van der Waals surface area contributed by atoms with Crippen LogP contribution in [0.15, 0.2) is 29.3 Å². The summed E-state index contributed by atoms with van der Waals surface area (Å²) in [6.07, 6.45) is 0. The lowest BCUT2D eigenvalue weighted by Crippen LogP contribution is -2.54. The standard InChI is InChI=1S/C21H34N6O3.HI/c1-16(2)13-22-21(23-14-18-5-7-19(8-6-18)27(29)30)26-11-9-25(10-12-26)15-20(28)24-17(3)4;/h5-8,16-17H,9-15H2,1-4H3,(H,22,23)(H,24,28);1H. The second-order valence-electron chi connectivity index (χ2n) is 8.32. The number of carbonyl (C=O) groups excluding carboxylic acids is 1. The van der Waals surface area contributed by atoms with E-state index >= 15 is 0 Å². The largest absolute Gasteiger partial charge is 0.356 e. The van der Waals surface area contributed by atoms with Crippen LogP contribution < -0.4 is 10.6 Å². The van der Waals surface area contributed by atoms with Gasteiger partial charge < -0.3 is 15.5 Å². The number of aliphatic imine (C=N–C) groups is 1. The summed E-state index contributed by atoms with van der Waals surface area (Å²) >= 11 is 0. The molecule has 1 aliphatic heterocycles. The molecule has 31 heavy (non-hydrogen) atoms. The van der Waals surface area contributed by atoms with Gasteiger partial charge in [0.15, 0.2) is 5.96 Å². The fourth-order valence-electron chi connectivity index (χ4n) is 3.14. The Labute approximate surface area is 201 Å². The number of amides is 1. The molecule has 0 atom stereocenters. The van der Waals surface area contributed by atoms with Crippen molar-refractivity contribution in [2.24, 2.45) is 10.9 Å². The van der Waals surface area contributed by atoms with Gasteiger partial charge in [-0.15, -0.1) is 24.0 Å². The number of nitro benzene ring substituents is 1. The molecule has 1 aliphatic rings. The normalized spacial score (nSPS) is 15.0. The SMILES string of the molecule is CC(C)CNC(=NCc1ccc([N+](=O)[O-])cc1)N1CCN(CC(=O)NC(C)C)CC1.I. The fourth-order valence-corrected chi connectivity index (χ4v) is 3.14. The highest BCUT2D eigenvalue weighted by Gasteiger charge is 2.21. The van der Waals surface area contributed by atoms with Gasteiger partial charge >= 0.3 is 0 Å². The minimum Gasteiger partial charge on any atom is -0.356 e. The maximum absolute atomic E-state index is 12.0. The molecule has 0 spiro atoms. The lowest BCUT2D eigenvalue weighted by molar-refractivity contribution is -0.384. The van der Waals surface area contributed by atoms with Crippen molar-refractivity contribution >= 4 is 41.5 Å². The zero-order valence-corrected chi connectivity index (χ0v) is 21.2. The summed E-state index contributed by atoms with van der Waals surface area (Å²) in [4.78, 5) is 31.5. The van der Waals surface area contributed by atoms with Crippen LogP contribution in [-0.4, -0.2) is 71.9 Å². The fraction of sp³-hybridized carbons (Fsp3) is 0.619. The Morgan fingerprint density at radius 3 is 2.26 bits per heavy atom. The quantitative estimate of drug-likeness (QED) is 0.171. The van der Waals surface area contributed by atoms with Gasteiger partial charge in [0.2, 0.25) is 5.91 Å². The molecule has 1 heterocycles. The molecule has 1 aromatic carbocycles. The number of benzene rings is 1. The van der Waals surface area contributed by atoms with Crippen molar-refractivity contribution in [1.29, 1.82) is 0 Å². The van der Waals surface area contributed by atoms with Crippen LogP contribution in [0, 0.1) is 16.0 Å². The first-order chi connectivity index (χ1) is 14.2. The molecule has 0 saturated carbocycles. The second kappa shape index (κ2) is 13.5. The summed E-state index contributed by atoms with van der Waals surface area (Å²) in [5.41, 5.74) is 1.01. The number of halogens is 1. The maximum atomic E-state index is 12.0. The van der Waals surface area contributed by atoms with E-state index < -0.39 is 4.92 Å². The summed E-state index contributed by atoms with van der Waals surface area (Å²) in [5.74, 6) is 1.38. The van der Waals surface area contributed by atoms with Crippen molar-refractivity contribution in [3.8, 4) is 0 Å². The van der Waals surface area contributed by atoms with Crippen LogP contribution in [0.4, 0.5) is 5.69 Å². The van der Waals surface area contributed by atoms with Gasteiger partial charge in [-0.2, -0.15) is 0 Å². The van der Waals surface area contributed by atoms with E-state index in [9.17, 15) is 14.9 Å². The first-order valence-electron chi connectivity index (χ1n) is 10.5. The van der Waals surface area contributed by atoms with Gasteiger partial charge in [-0.05, 0) is 25.3 Å². The highest BCUT2D eigenvalue weighted by Crippen LogP contribution is 2.13. The summed E-state index contributed by atoms with van der Waals surface area (Å²) in [6.45, 7) is 13.1. The molecular weight excluding hydrogens is 511 g/mol. The number of nitrogens with one attached hydrogen (secondary N) is 2. The van der Waals surface area contributed by atoms with Crippen LogP contribution in [0.2, 0.25) is 0 Å². The third-order valence-corrected chi connectivity index (χ3v) is 4.72. The summed E-state index contributed by atoms with van der Waals surface area (Å²) in [5, 5.41) is 17.2. The maximum Gasteiger partial charge on any atom is 0.269 e. The molecule has 9 nitrogen and oxygen atoms in total. The second-order valence-corrected chi connectivity index (χ2v) is 8.32. The third kappa shape index (κ3) is 9.81. The van der Waals surface area contributed by atoms with Crippen molar-refractivity contribution in [2.45, 2.75) is 40.3 Å². The van der Waals surface area contributed by atoms with Crippen LogP contribution in [0.3, 0.4) is 0 Å². The predicted octanol–water partition coefficient (Wildman–Crippen LogP) is 2.46. The zero-order chi connectivity index (χ0) is 22.1. The highest BCUT2D eigenvalue weighted by atomic mass is 127. The van der Waals surface area contributed by atoms with Gasteiger partial charge in [-0.1, -0.05) is 26.0 Å². The number of hydrogen-bond donors (Lipinski definition) is 2. The van der Waals surface area contributed by atoms with E-state index in [4.69, 9.17) is 4.99 Å². The molecule has 2 rings (SSSR count). The number of hydrogen-bond acceptors (Lipinski definition) is 5. The zero-order valence-electron chi connectivity index (χ0n) is 18.8. The van der Waals surface area contributed by atoms with E-state index in [0.717, 1.165) is 44.2 Å². The first-order valence-corrected chi connectivity index (χ1v) is 10.5. The number of piperazine rings is 1. The van der Waals surface area contributed by atoms with Crippen molar-refractivity contribution in [1.82, 2.24) is 20.4 Å². The van der Waals surface area contributed by atoms with Gasteiger partial charge in [-0.3, -0.25) is 19.8 Å². The van der Waals surface area contributed by atoms with Gasteiger partial charge in [0.05, 0.1) is 18.0 Å². The van der Waals surface area contributed by atoms with E-state index in [-0.39, 0.29) is 41.6 Å². The van der Waals surface area contributed by atoms with Crippen molar-refractivity contribution in [3.63, 3.8) is 0 Å². The Hall–Kier alpha value is -1.95. The van der Waals surface area contributed by atoms with Gasteiger partial charge in [0, 0.05) is 50.9 Å². The molecule has 1 amide bonds. The number of nitrogens with zero attached hydrogens (tertiary/aromatic N) is 4. The van der Waals surface area contributed by atoms with E-state index in [1.54, 1.807) is 12.1 Å². The van der Waals surface area contributed by atoms with Crippen LogP contribution in [0.25, 0.3) is 0 Å². The molecule has 1 saturated heterocycles. The van der Waals surface area contributed by atoms with Crippen LogP contribution >= 0.6 is 24.0 Å². The molecule has 1 fully saturated rings. The molecule has 0 aromatic heterocycles. The molecule has 2 N–H and O–H groups in total. The Morgan fingerprint density at radius 1 is 1.13 bits per heavy atom. The molecule has 10 heteroatoms. The van der Waals surface area contributed by atoms with E-state index in [2.05, 4.69) is 34.3 Å². The highest BCUT2D eigenvalue weighted by molar-refractivity contribution is 14.0. The molecule has 0 radical (unpaired) electrons. The van der Waals surface area contributed by atoms with Crippen LogP contribution in [0.1, 0.15) is 33.3 Å². The predicted molar refractivity (Wildman–Crippen MR) is 134 cm³/mol. The minimum atomic E-state index is -0.399. The number of rotatable bonds is 8. The average molecular weight is 546 g/mol. The van der Waals surface area contributed by atoms with Crippen LogP contribution in [0.5, 0.6) is 0 Å². The van der Waals surface area contributed by atoms with E-state index in [0.29, 0.717) is 19.0 Å². The number of nitro groups is 1. The summed E-state index contributed by atoms with van der Waals surface area (Å²) in [7, 11) is 0. The Balaban J connectivity index is 0.00000480. The first kappa shape index (κ1) is 27.1. The topological polar surface area (TPSA) is 103 Å². The third-order valence-electron chi connectivity index (χ3n) is 4.72. The Bertz CT molecular complexity index is 731. The lowest BCUT2D eigenvalue weighted by Gasteiger charge is -2.36. The number of guanidine groups is 1. The van der Waals surface area contributed by atoms with Crippen molar-refractivity contribution in [2.75, 3.05) is 39.3 Å². The molecular formula is C21H35IN6O3. The summed E-state index contributed by atoms with van der Waals surface area (Å²) < 4.78 is 0. The Morgan fingerprint density at radius 2 is 1.74 bits per heavy atom. The molecule has 1 aromatic rings. The summed E-state index contributed by atoms with van der Waals surface area (Å²) in [6, 6.07) is 6.65.